The van der Waals surface area contributed by atoms with Gasteiger partial charge in [-0.25, -0.2) is 4.39 Å². The molecule has 2 aromatic carbocycles. The Morgan fingerprint density at radius 2 is 1.75 bits per heavy atom. The zero-order valence-electron chi connectivity index (χ0n) is 16.1. The molecular weight excluding hydrogens is 361 g/mol. The molecule has 2 aromatic rings. The fourth-order valence-corrected chi connectivity index (χ4v) is 3.16. The molecule has 148 valence electrons. The first-order chi connectivity index (χ1) is 13.5. The van der Waals surface area contributed by atoms with Gasteiger partial charge in [0.15, 0.2) is 6.10 Å². The van der Waals surface area contributed by atoms with E-state index in [1.54, 1.807) is 30.9 Å². The van der Waals surface area contributed by atoms with Crippen molar-refractivity contribution in [2.75, 3.05) is 26.3 Å². The van der Waals surface area contributed by atoms with Crippen molar-refractivity contribution in [2.45, 2.75) is 25.9 Å². The lowest BCUT2D eigenvalue weighted by molar-refractivity contribution is -0.161. The molecule has 6 heteroatoms. The van der Waals surface area contributed by atoms with E-state index in [2.05, 4.69) is 0 Å². The highest BCUT2D eigenvalue weighted by Gasteiger charge is 2.27. The number of morpholine rings is 1. The van der Waals surface area contributed by atoms with Crippen LogP contribution in [0.25, 0.3) is 11.1 Å². The summed E-state index contributed by atoms with van der Waals surface area (Å²) >= 11 is 0. The molecule has 0 bridgehead atoms. The van der Waals surface area contributed by atoms with Crippen LogP contribution >= 0.6 is 0 Å². The lowest BCUT2D eigenvalue weighted by Gasteiger charge is -2.29. The summed E-state index contributed by atoms with van der Waals surface area (Å²) in [5, 5.41) is 0. The molecule has 5 nitrogen and oxygen atoms in total. The highest BCUT2D eigenvalue weighted by molar-refractivity contribution is 5.85. The van der Waals surface area contributed by atoms with Crippen LogP contribution in [0.2, 0.25) is 0 Å². The molecule has 1 fully saturated rings. The van der Waals surface area contributed by atoms with Gasteiger partial charge in [-0.3, -0.25) is 9.59 Å². The van der Waals surface area contributed by atoms with Crippen LogP contribution < -0.4 is 0 Å². The number of hydrogen-bond donors (Lipinski definition) is 0. The van der Waals surface area contributed by atoms with Gasteiger partial charge in [-0.05, 0) is 31.0 Å². The zero-order valence-corrected chi connectivity index (χ0v) is 16.1. The van der Waals surface area contributed by atoms with Crippen molar-refractivity contribution in [3.8, 4) is 11.1 Å². The van der Waals surface area contributed by atoms with Gasteiger partial charge in [0.1, 0.15) is 5.82 Å². The van der Waals surface area contributed by atoms with Gasteiger partial charge < -0.3 is 14.4 Å². The number of halogens is 1. The minimum absolute atomic E-state index is 0.241. The van der Waals surface area contributed by atoms with E-state index in [0.717, 1.165) is 5.56 Å². The van der Waals surface area contributed by atoms with Crippen molar-refractivity contribution in [3.05, 3.63) is 59.9 Å². The molecular formula is C22H24FNO4. The smallest absolute Gasteiger partial charge is 0.313 e. The lowest BCUT2D eigenvalue weighted by Crippen LogP contribution is -2.46. The molecule has 0 aliphatic carbocycles. The molecule has 0 unspecified atom stereocenters. The average Bonchev–Trinajstić information content (AvgIpc) is 2.73. The van der Waals surface area contributed by atoms with Gasteiger partial charge in [0, 0.05) is 18.7 Å². The number of carbonyl (C=O) groups is 2. The summed E-state index contributed by atoms with van der Waals surface area (Å²) in [5.74, 6) is -1.88. The third kappa shape index (κ3) is 4.57. The van der Waals surface area contributed by atoms with Gasteiger partial charge >= 0.3 is 5.97 Å². The van der Waals surface area contributed by atoms with Gasteiger partial charge in [0.2, 0.25) is 0 Å². The second kappa shape index (κ2) is 8.97. The Balaban J connectivity index is 1.66. The van der Waals surface area contributed by atoms with E-state index in [4.69, 9.17) is 9.47 Å². The van der Waals surface area contributed by atoms with Gasteiger partial charge in [-0.1, -0.05) is 42.5 Å². The minimum Gasteiger partial charge on any atom is -0.452 e. The number of nitrogens with zero attached hydrogens (tertiary/aromatic N) is 1. The summed E-state index contributed by atoms with van der Waals surface area (Å²) in [4.78, 5) is 26.5. The molecule has 0 N–H and O–H groups in total. The summed E-state index contributed by atoms with van der Waals surface area (Å²) in [6, 6.07) is 13.9. The van der Waals surface area contributed by atoms with Crippen molar-refractivity contribution in [3.63, 3.8) is 0 Å². The fourth-order valence-electron chi connectivity index (χ4n) is 3.16. The van der Waals surface area contributed by atoms with Crippen LogP contribution in [0.1, 0.15) is 25.3 Å². The number of benzene rings is 2. The molecule has 2 atom stereocenters. The van der Waals surface area contributed by atoms with E-state index in [1.807, 2.05) is 30.3 Å². The highest BCUT2D eigenvalue weighted by Crippen LogP contribution is 2.27. The number of rotatable bonds is 5. The molecule has 0 spiro atoms. The summed E-state index contributed by atoms with van der Waals surface area (Å²) < 4.78 is 25.1. The monoisotopic (exact) mass is 385 g/mol. The molecule has 1 amide bonds. The van der Waals surface area contributed by atoms with Crippen LogP contribution in [0.4, 0.5) is 4.39 Å². The fraction of sp³-hybridized carbons (Fsp3) is 0.364. The van der Waals surface area contributed by atoms with E-state index in [0.29, 0.717) is 37.4 Å². The summed E-state index contributed by atoms with van der Waals surface area (Å²) in [7, 11) is 0. The summed E-state index contributed by atoms with van der Waals surface area (Å²) in [6.07, 6.45) is -0.888. The zero-order chi connectivity index (χ0) is 20.1. The predicted molar refractivity (Wildman–Crippen MR) is 103 cm³/mol. The van der Waals surface area contributed by atoms with Crippen LogP contribution in [0, 0.1) is 5.82 Å². The topological polar surface area (TPSA) is 55.8 Å². The summed E-state index contributed by atoms with van der Waals surface area (Å²) in [6.45, 7) is 5.14. The Hall–Kier alpha value is -2.73. The Labute approximate surface area is 164 Å². The SMILES string of the molecule is C[C@H](OC(=O)[C@@H](C)c1ccc(-c2ccccc2)c(F)c1)C(=O)N1CCOCC1. The van der Waals surface area contributed by atoms with E-state index in [1.165, 1.54) is 6.07 Å². The molecule has 1 aliphatic heterocycles. The van der Waals surface area contributed by atoms with Crippen LogP contribution in [-0.2, 0) is 19.1 Å². The quantitative estimate of drug-likeness (QED) is 0.741. The van der Waals surface area contributed by atoms with Gasteiger partial charge in [0.25, 0.3) is 5.91 Å². The first-order valence-electron chi connectivity index (χ1n) is 9.39. The Morgan fingerprint density at radius 1 is 1.07 bits per heavy atom. The van der Waals surface area contributed by atoms with Gasteiger partial charge in [0.05, 0.1) is 19.1 Å². The molecule has 0 radical (unpaired) electrons. The van der Waals surface area contributed by atoms with Crippen molar-refractivity contribution in [2.24, 2.45) is 0 Å². The first kappa shape index (κ1) is 20.0. The molecule has 1 saturated heterocycles. The van der Waals surface area contributed by atoms with E-state index < -0.39 is 23.8 Å². The van der Waals surface area contributed by atoms with E-state index in [9.17, 15) is 14.0 Å². The van der Waals surface area contributed by atoms with Crippen molar-refractivity contribution in [1.29, 1.82) is 0 Å². The highest BCUT2D eigenvalue weighted by atomic mass is 19.1. The Morgan fingerprint density at radius 3 is 2.39 bits per heavy atom. The Kier molecular flexibility index (Phi) is 6.41. The molecule has 1 aliphatic rings. The maximum absolute atomic E-state index is 14.6. The third-order valence-electron chi connectivity index (χ3n) is 4.89. The molecule has 0 aromatic heterocycles. The van der Waals surface area contributed by atoms with Crippen LogP contribution in [-0.4, -0.2) is 49.2 Å². The number of carbonyl (C=O) groups excluding carboxylic acids is 2. The van der Waals surface area contributed by atoms with Crippen molar-refractivity contribution < 1.29 is 23.5 Å². The summed E-state index contributed by atoms with van der Waals surface area (Å²) in [5.41, 5.74) is 1.75. The molecule has 1 heterocycles. The number of esters is 1. The van der Waals surface area contributed by atoms with E-state index >= 15 is 0 Å². The Bertz CT molecular complexity index is 834. The maximum Gasteiger partial charge on any atom is 0.313 e. The lowest BCUT2D eigenvalue weighted by atomic mass is 9.97. The molecule has 3 rings (SSSR count). The van der Waals surface area contributed by atoms with Crippen LogP contribution in [0.15, 0.2) is 48.5 Å². The molecule has 0 saturated carbocycles. The second-order valence-electron chi connectivity index (χ2n) is 6.84. The maximum atomic E-state index is 14.6. The minimum atomic E-state index is -0.888. The van der Waals surface area contributed by atoms with Crippen LogP contribution in [0.3, 0.4) is 0 Å². The standard InChI is InChI=1S/C22H24FNO4/c1-15(22(26)28-16(2)21(25)24-10-12-27-13-11-24)18-8-9-19(20(23)14-18)17-6-4-3-5-7-17/h3-9,14-16H,10-13H2,1-2H3/t15-,16-/m0/s1. The van der Waals surface area contributed by atoms with Crippen LogP contribution in [0.5, 0.6) is 0 Å². The second-order valence-corrected chi connectivity index (χ2v) is 6.84. The third-order valence-corrected chi connectivity index (χ3v) is 4.89. The number of ether oxygens (including phenoxy) is 2. The molecule has 28 heavy (non-hydrogen) atoms. The normalized spacial score (nSPS) is 16.3. The van der Waals surface area contributed by atoms with E-state index in [-0.39, 0.29) is 5.91 Å². The largest absolute Gasteiger partial charge is 0.452 e. The first-order valence-corrected chi connectivity index (χ1v) is 9.39. The predicted octanol–water partition coefficient (Wildman–Crippen LogP) is 3.39. The van der Waals surface area contributed by atoms with Gasteiger partial charge in [-0.2, -0.15) is 0 Å². The van der Waals surface area contributed by atoms with Crippen molar-refractivity contribution in [1.82, 2.24) is 4.90 Å². The number of amides is 1. The van der Waals surface area contributed by atoms with Crippen molar-refractivity contribution >= 4 is 11.9 Å². The average molecular weight is 385 g/mol. The number of hydrogen-bond acceptors (Lipinski definition) is 4. The van der Waals surface area contributed by atoms with Gasteiger partial charge in [-0.15, -0.1) is 0 Å².